The molecular formula is C22H20N2O3. The van der Waals surface area contributed by atoms with E-state index in [4.69, 9.17) is 13.9 Å². The van der Waals surface area contributed by atoms with Crippen LogP contribution in [0.1, 0.15) is 17.4 Å². The lowest BCUT2D eigenvalue weighted by molar-refractivity contribution is 0.0593. The zero-order chi connectivity index (χ0) is 18.2. The maximum absolute atomic E-state index is 6.06. The second-order valence-corrected chi connectivity index (χ2v) is 6.79. The van der Waals surface area contributed by atoms with Crippen LogP contribution in [0.4, 0.5) is 0 Å². The van der Waals surface area contributed by atoms with Crippen molar-refractivity contribution >= 4 is 10.9 Å². The quantitative estimate of drug-likeness (QED) is 0.477. The molecule has 2 aromatic carbocycles. The van der Waals surface area contributed by atoms with Crippen LogP contribution in [0, 0.1) is 0 Å². The van der Waals surface area contributed by atoms with Crippen molar-refractivity contribution in [3.8, 4) is 11.3 Å². The smallest absolute Gasteiger partial charge is 0.143 e. The first-order chi connectivity index (χ1) is 13.3. The molecule has 2 unspecified atom stereocenters. The highest BCUT2D eigenvalue weighted by Crippen LogP contribution is 2.34. The molecule has 0 saturated carbocycles. The average Bonchev–Trinajstić information content (AvgIpc) is 3.27. The van der Waals surface area contributed by atoms with Gasteiger partial charge in [-0.2, -0.15) is 5.10 Å². The van der Waals surface area contributed by atoms with Gasteiger partial charge in [0.25, 0.3) is 0 Å². The molecule has 5 rings (SSSR count). The molecule has 5 nitrogen and oxygen atoms in total. The lowest BCUT2D eigenvalue weighted by Gasteiger charge is -2.09. The normalized spacial score (nSPS) is 17.3. The van der Waals surface area contributed by atoms with Gasteiger partial charge in [-0.3, -0.25) is 4.68 Å². The van der Waals surface area contributed by atoms with Gasteiger partial charge in [0.05, 0.1) is 24.9 Å². The van der Waals surface area contributed by atoms with Crippen LogP contribution in [0.25, 0.3) is 22.2 Å². The summed E-state index contributed by atoms with van der Waals surface area (Å²) in [6.45, 7) is 1.44. The molecule has 5 heteroatoms. The van der Waals surface area contributed by atoms with E-state index in [1.54, 1.807) is 7.11 Å². The zero-order valence-electron chi connectivity index (χ0n) is 15.0. The summed E-state index contributed by atoms with van der Waals surface area (Å²) >= 11 is 0. The number of ether oxygens (including phenoxy) is 2. The number of para-hydroxylation sites is 1. The molecule has 2 aromatic heterocycles. The standard InChI is InChI=1S/C22H20N2O3/c1-25-22(21-14-26-21)20-10-9-19(27-20)16-7-4-5-15(11-16)13-24-18-8-3-2-6-17(18)12-23-24/h2-12,21-22H,13-14H2,1H3. The molecule has 0 aliphatic carbocycles. The Balaban J connectivity index is 1.41. The summed E-state index contributed by atoms with van der Waals surface area (Å²) in [5.41, 5.74) is 3.35. The molecule has 1 fully saturated rings. The first kappa shape index (κ1) is 16.3. The van der Waals surface area contributed by atoms with E-state index in [0.717, 1.165) is 34.6 Å². The Hall–Kier alpha value is -2.89. The highest BCUT2D eigenvalue weighted by atomic mass is 16.6. The number of hydrogen-bond acceptors (Lipinski definition) is 4. The van der Waals surface area contributed by atoms with Gasteiger partial charge in [0.15, 0.2) is 0 Å². The van der Waals surface area contributed by atoms with E-state index < -0.39 is 0 Å². The van der Waals surface area contributed by atoms with Gasteiger partial charge < -0.3 is 13.9 Å². The van der Waals surface area contributed by atoms with Gasteiger partial charge in [0.2, 0.25) is 0 Å². The minimum atomic E-state index is -0.141. The van der Waals surface area contributed by atoms with Crippen molar-refractivity contribution in [2.24, 2.45) is 0 Å². The second-order valence-electron chi connectivity index (χ2n) is 6.79. The predicted molar refractivity (Wildman–Crippen MR) is 102 cm³/mol. The molecular weight excluding hydrogens is 340 g/mol. The van der Waals surface area contributed by atoms with Gasteiger partial charge in [-0.25, -0.2) is 0 Å². The average molecular weight is 360 g/mol. The Morgan fingerprint density at radius 1 is 1.15 bits per heavy atom. The highest BCUT2D eigenvalue weighted by molar-refractivity contribution is 5.78. The van der Waals surface area contributed by atoms with Crippen molar-refractivity contribution in [1.29, 1.82) is 0 Å². The molecule has 3 heterocycles. The number of hydrogen-bond donors (Lipinski definition) is 0. The Kier molecular flexibility index (Phi) is 4.03. The summed E-state index contributed by atoms with van der Waals surface area (Å²) in [5, 5.41) is 5.67. The van der Waals surface area contributed by atoms with Crippen LogP contribution in [0.2, 0.25) is 0 Å². The van der Waals surface area contributed by atoms with Crippen LogP contribution in [-0.4, -0.2) is 29.6 Å². The summed E-state index contributed by atoms with van der Waals surface area (Å²) < 4.78 is 18.9. The van der Waals surface area contributed by atoms with E-state index in [0.29, 0.717) is 6.54 Å². The maximum Gasteiger partial charge on any atom is 0.143 e. The number of aromatic nitrogens is 2. The summed E-state index contributed by atoms with van der Waals surface area (Å²) in [6.07, 6.45) is 1.87. The van der Waals surface area contributed by atoms with Gasteiger partial charge in [0, 0.05) is 18.1 Å². The maximum atomic E-state index is 6.06. The molecule has 0 bridgehead atoms. The summed E-state index contributed by atoms with van der Waals surface area (Å²) in [6, 6.07) is 20.6. The first-order valence-corrected chi connectivity index (χ1v) is 9.06. The number of epoxide rings is 1. The Bertz CT molecular complexity index is 1080. The molecule has 4 aromatic rings. The molecule has 0 amide bonds. The lowest BCUT2D eigenvalue weighted by atomic mass is 10.1. The van der Waals surface area contributed by atoms with E-state index in [1.807, 2.05) is 35.1 Å². The number of methoxy groups -OCH3 is 1. The molecule has 0 N–H and O–H groups in total. The minimum Gasteiger partial charge on any atom is -0.458 e. The third kappa shape index (κ3) is 3.16. The molecule has 1 aliphatic rings. The van der Waals surface area contributed by atoms with Gasteiger partial charge >= 0.3 is 0 Å². The van der Waals surface area contributed by atoms with Crippen molar-refractivity contribution in [1.82, 2.24) is 9.78 Å². The third-order valence-corrected chi connectivity index (χ3v) is 4.95. The Morgan fingerprint density at radius 2 is 2.04 bits per heavy atom. The molecule has 1 aliphatic heterocycles. The van der Waals surface area contributed by atoms with Gasteiger partial charge in [-0.15, -0.1) is 0 Å². The van der Waals surface area contributed by atoms with Crippen LogP contribution in [-0.2, 0) is 16.0 Å². The largest absolute Gasteiger partial charge is 0.458 e. The van der Waals surface area contributed by atoms with Gasteiger partial charge in [0.1, 0.15) is 23.7 Å². The lowest BCUT2D eigenvalue weighted by Crippen LogP contribution is -2.07. The molecule has 136 valence electrons. The number of furan rings is 1. The van der Waals surface area contributed by atoms with Crippen molar-refractivity contribution in [3.63, 3.8) is 0 Å². The van der Waals surface area contributed by atoms with Crippen molar-refractivity contribution in [3.05, 3.63) is 78.2 Å². The number of rotatable bonds is 6. The van der Waals surface area contributed by atoms with E-state index >= 15 is 0 Å². The van der Waals surface area contributed by atoms with E-state index in [9.17, 15) is 0 Å². The van der Waals surface area contributed by atoms with Crippen molar-refractivity contribution < 1.29 is 13.9 Å². The van der Waals surface area contributed by atoms with Crippen LogP contribution >= 0.6 is 0 Å². The Morgan fingerprint density at radius 3 is 2.89 bits per heavy atom. The fourth-order valence-corrected chi connectivity index (χ4v) is 3.49. The highest BCUT2D eigenvalue weighted by Gasteiger charge is 2.36. The number of fused-ring (bicyclic) bond motifs is 1. The Labute approximate surface area is 157 Å². The van der Waals surface area contributed by atoms with Crippen LogP contribution in [0.15, 0.2) is 71.3 Å². The molecule has 2 atom stereocenters. The molecule has 0 radical (unpaired) electrons. The SMILES string of the molecule is COC(c1ccc(-c2cccc(Cn3ncc4ccccc43)c2)o1)C1CO1. The minimum absolute atomic E-state index is 0.105. The number of benzene rings is 2. The summed E-state index contributed by atoms with van der Waals surface area (Å²) in [4.78, 5) is 0. The van der Waals surface area contributed by atoms with Crippen molar-refractivity contribution in [2.45, 2.75) is 18.8 Å². The van der Waals surface area contributed by atoms with Crippen molar-refractivity contribution in [2.75, 3.05) is 13.7 Å². The molecule has 1 saturated heterocycles. The van der Waals surface area contributed by atoms with Crippen LogP contribution in [0.3, 0.4) is 0 Å². The number of nitrogens with zero attached hydrogens (tertiary/aromatic N) is 2. The predicted octanol–water partition coefficient (Wildman–Crippen LogP) is 4.43. The van der Waals surface area contributed by atoms with Gasteiger partial charge in [-0.1, -0.05) is 36.4 Å². The molecule has 27 heavy (non-hydrogen) atoms. The van der Waals surface area contributed by atoms with E-state index in [2.05, 4.69) is 41.5 Å². The zero-order valence-corrected chi connectivity index (χ0v) is 15.0. The van der Waals surface area contributed by atoms with E-state index in [1.165, 1.54) is 5.56 Å². The fourth-order valence-electron chi connectivity index (χ4n) is 3.49. The fraction of sp³-hybridized carbons (Fsp3) is 0.227. The van der Waals surface area contributed by atoms with E-state index in [-0.39, 0.29) is 12.2 Å². The summed E-state index contributed by atoms with van der Waals surface area (Å²) in [7, 11) is 1.68. The summed E-state index contributed by atoms with van der Waals surface area (Å²) in [5.74, 6) is 1.64. The first-order valence-electron chi connectivity index (χ1n) is 9.06. The third-order valence-electron chi connectivity index (χ3n) is 4.95. The topological polar surface area (TPSA) is 52.7 Å². The molecule has 0 spiro atoms. The van der Waals surface area contributed by atoms with Gasteiger partial charge in [-0.05, 0) is 29.8 Å². The monoisotopic (exact) mass is 360 g/mol. The van der Waals surface area contributed by atoms with Crippen LogP contribution < -0.4 is 0 Å². The van der Waals surface area contributed by atoms with Crippen LogP contribution in [0.5, 0.6) is 0 Å². The second kappa shape index (κ2) is 6.68.